The van der Waals surface area contributed by atoms with E-state index in [-0.39, 0.29) is 12.3 Å². The minimum atomic E-state index is -0.445. The first-order chi connectivity index (χ1) is 9.04. The zero-order chi connectivity index (χ0) is 13.8. The summed E-state index contributed by atoms with van der Waals surface area (Å²) < 4.78 is 2.34. The Balaban J connectivity index is 2.00. The molecule has 0 bridgehead atoms. The number of hydrogen-bond acceptors (Lipinski definition) is 4. The van der Waals surface area contributed by atoms with Crippen molar-refractivity contribution in [2.75, 3.05) is 5.32 Å². The van der Waals surface area contributed by atoms with Crippen LogP contribution in [0.3, 0.4) is 0 Å². The second-order valence-electron chi connectivity index (χ2n) is 4.02. The van der Waals surface area contributed by atoms with Gasteiger partial charge in [0, 0.05) is 22.8 Å². The minimum absolute atomic E-state index is 0.0455. The Labute approximate surface area is 118 Å². The molecule has 0 unspecified atom stereocenters. The van der Waals surface area contributed by atoms with Crippen LogP contribution < -0.4 is 11.1 Å². The molecule has 0 radical (unpaired) electrons. The van der Waals surface area contributed by atoms with Gasteiger partial charge in [-0.2, -0.15) is 5.10 Å². The van der Waals surface area contributed by atoms with Crippen molar-refractivity contribution in [3.8, 4) is 5.75 Å². The molecule has 2 rings (SSSR count). The fraction of sp³-hybridized carbons (Fsp3) is 0.167. The zero-order valence-electron chi connectivity index (χ0n) is 10.0. The highest BCUT2D eigenvalue weighted by molar-refractivity contribution is 9.10. The Bertz CT molecular complexity index is 597. The van der Waals surface area contributed by atoms with E-state index in [2.05, 4.69) is 26.3 Å². The predicted molar refractivity (Wildman–Crippen MR) is 74.6 cm³/mol. The number of primary amides is 1. The van der Waals surface area contributed by atoms with Crippen LogP contribution in [0.25, 0.3) is 0 Å². The Morgan fingerprint density at radius 1 is 1.53 bits per heavy atom. The van der Waals surface area contributed by atoms with Gasteiger partial charge in [0.2, 0.25) is 5.91 Å². The first-order valence-corrected chi connectivity index (χ1v) is 6.36. The summed E-state index contributed by atoms with van der Waals surface area (Å²) in [4.78, 5) is 10.7. The molecule has 2 aromatic rings. The minimum Gasteiger partial charge on any atom is -0.508 e. The summed E-state index contributed by atoms with van der Waals surface area (Å²) >= 11 is 3.35. The molecular formula is C12H13BrN4O2. The largest absolute Gasteiger partial charge is 0.508 e. The van der Waals surface area contributed by atoms with Crippen LogP contribution in [-0.2, 0) is 17.9 Å². The monoisotopic (exact) mass is 324 g/mol. The molecule has 1 aromatic heterocycles. The van der Waals surface area contributed by atoms with E-state index in [1.165, 1.54) is 4.68 Å². The maximum atomic E-state index is 10.7. The van der Waals surface area contributed by atoms with E-state index in [1.54, 1.807) is 24.5 Å². The molecule has 1 heterocycles. The van der Waals surface area contributed by atoms with Crippen LogP contribution in [0.2, 0.25) is 0 Å². The first-order valence-electron chi connectivity index (χ1n) is 5.56. The van der Waals surface area contributed by atoms with Crippen molar-refractivity contribution in [2.24, 2.45) is 5.73 Å². The van der Waals surface area contributed by atoms with Crippen LogP contribution in [0.5, 0.6) is 5.75 Å². The average molecular weight is 325 g/mol. The summed E-state index contributed by atoms with van der Waals surface area (Å²) in [5.41, 5.74) is 6.59. The number of phenols is 1. The number of rotatable bonds is 5. The fourth-order valence-electron chi connectivity index (χ4n) is 1.59. The molecule has 19 heavy (non-hydrogen) atoms. The van der Waals surface area contributed by atoms with Gasteiger partial charge in [-0.15, -0.1) is 0 Å². The number of halogens is 1. The summed E-state index contributed by atoms with van der Waals surface area (Å²) in [6, 6.07) is 5.22. The van der Waals surface area contributed by atoms with Gasteiger partial charge in [-0.05, 0) is 18.2 Å². The number of nitrogens with zero attached hydrogens (tertiary/aromatic N) is 2. The summed E-state index contributed by atoms with van der Waals surface area (Å²) in [5, 5.41) is 16.8. The van der Waals surface area contributed by atoms with E-state index in [1.807, 2.05) is 6.07 Å². The van der Waals surface area contributed by atoms with E-state index in [0.717, 1.165) is 15.7 Å². The molecule has 1 amide bonds. The highest BCUT2D eigenvalue weighted by Gasteiger charge is 2.04. The molecule has 0 atom stereocenters. The van der Waals surface area contributed by atoms with Crippen molar-refractivity contribution in [1.82, 2.24) is 9.78 Å². The van der Waals surface area contributed by atoms with Gasteiger partial charge in [0.05, 0.1) is 11.9 Å². The van der Waals surface area contributed by atoms with Crippen molar-refractivity contribution in [1.29, 1.82) is 0 Å². The number of anilines is 1. The molecule has 0 aliphatic rings. The second-order valence-corrected chi connectivity index (χ2v) is 4.94. The standard InChI is InChI=1S/C12H13BrN4O2/c13-9-1-2-11(18)8(3-9)4-15-10-5-16-17(6-10)7-12(14)19/h1-3,5-6,15,18H,4,7H2,(H2,14,19). The Kier molecular flexibility index (Phi) is 4.06. The molecule has 0 aliphatic carbocycles. The van der Waals surface area contributed by atoms with Gasteiger partial charge in [0.15, 0.2) is 0 Å². The van der Waals surface area contributed by atoms with E-state index >= 15 is 0 Å². The maximum absolute atomic E-state index is 10.7. The van der Waals surface area contributed by atoms with Crippen molar-refractivity contribution in [3.63, 3.8) is 0 Å². The molecule has 0 fully saturated rings. The molecule has 7 heteroatoms. The van der Waals surface area contributed by atoms with Gasteiger partial charge >= 0.3 is 0 Å². The Morgan fingerprint density at radius 3 is 3.05 bits per heavy atom. The van der Waals surface area contributed by atoms with E-state index < -0.39 is 5.91 Å². The van der Waals surface area contributed by atoms with Crippen LogP contribution in [-0.4, -0.2) is 20.8 Å². The number of nitrogens with two attached hydrogens (primary N) is 1. The number of carbonyl (C=O) groups excluding carboxylic acids is 1. The molecule has 0 saturated carbocycles. The van der Waals surface area contributed by atoms with Crippen LogP contribution in [0.1, 0.15) is 5.56 Å². The normalized spacial score (nSPS) is 10.4. The SMILES string of the molecule is NC(=O)Cn1cc(NCc2cc(Br)ccc2O)cn1. The summed E-state index contributed by atoms with van der Waals surface area (Å²) in [5.74, 6) is -0.223. The zero-order valence-corrected chi connectivity index (χ0v) is 11.6. The summed E-state index contributed by atoms with van der Waals surface area (Å²) in [6.45, 7) is 0.497. The van der Waals surface area contributed by atoms with Gasteiger partial charge in [0.1, 0.15) is 12.3 Å². The lowest BCUT2D eigenvalue weighted by molar-refractivity contribution is -0.118. The van der Waals surface area contributed by atoms with Crippen molar-refractivity contribution in [3.05, 3.63) is 40.6 Å². The van der Waals surface area contributed by atoms with Crippen LogP contribution in [0.15, 0.2) is 35.1 Å². The molecule has 0 saturated heterocycles. The van der Waals surface area contributed by atoms with Gasteiger partial charge in [0.25, 0.3) is 0 Å². The van der Waals surface area contributed by atoms with E-state index in [0.29, 0.717) is 6.54 Å². The second kappa shape index (κ2) is 5.75. The van der Waals surface area contributed by atoms with E-state index in [9.17, 15) is 9.90 Å². The Morgan fingerprint density at radius 2 is 2.32 bits per heavy atom. The molecule has 0 aliphatic heterocycles. The number of aromatic nitrogens is 2. The van der Waals surface area contributed by atoms with Crippen molar-refractivity contribution in [2.45, 2.75) is 13.1 Å². The number of amides is 1. The number of phenolic OH excluding ortho intramolecular Hbond substituents is 1. The molecule has 6 nitrogen and oxygen atoms in total. The van der Waals surface area contributed by atoms with Gasteiger partial charge < -0.3 is 16.2 Å². The quantitative estimate of drug-likeness (QED) is 0.776. The van der Waals surface area contributed by atoms with Gasteiger partial charge in [-0.1, -0.05) is 15.9 Å². The third-order valence-electron chi connectivity index (χ3n) is 2.48. The third kappa shape index (κ3) is 3.72. The summed E-state index contributed by atoms with van der Waals surface area (Å²) in [7, 11) is 0. The smallest absolute Gasteiger partial charge is 0.239 e. The molecule has 0 spiro atoms. The molecule has 4 N–H and O–H groups in total. The lowest BCUT2D eigenvalue weighted by Gasteiger charge is -2.06. The highest BCUT2D eigenvalue weighted by Crippen LogP contribution is 2.22. The Hall–Kier alpha value is -2.02. The molecule has 1 aromatic carbocycles. The molecule has 100 valence electrons. The summed E-state index contributed by atoms with van der Waals surface area (Å²) in [6.07, 6.45) is 3.28. The van der Waals surface area contributed by atoms with Gasteiger partial charge in [-0.3, -0.25) is 9.48 Å². The first kappa shape index (κ1) is 13.4. The van der Waals surface area contributed by atoms with E-state index in [4.69, 9.17) is 5.73 Å². The predicted octanol–water partition coefficient (Wildman–Crippen LogP) is 1.45. The van der Waals surface area contributed by atoms with Crippen molar-refractivity contribution < 1.29 is 9.90 Å². The van der Waals surface area contributed by atoms with Gasteiger partial charge in [-0.25, -0.2) is 0 Å². The van der Waals surface area contributed by atoms with Crippen LogP contribution >= 0.6 is 15.9 Å². The molecular weight excluding hydrogens is 312 g/mol. The number of hydrogen-bond donors (Lipinski definition) is 3. The number of carbonyl (C=O) groups is 1. The fourth-order valence-corrected chi connectivity index (χ4v) is 2.00. The number of aromatic hydroxyl groups is 1. The van der Waals surface area contributed by atoms with Crippen LogP contribution in [0.4, 0.5) is 5.69 Å². The number of nitrogens with one attached hydrogen (secondary N) is 1. The number of benzene rings is 1. The lowest BCUT2D eigenvalue weighted by atomic mass is 10.2. The average Bonchev–Trinajstić information content (AvgIpc) is 2.77. The van der Waals surface area contributed by atoms with Crippen molar-refractivity contribution >= 4 is 27.5 Å². The third-order valence-corrected chi connectivity index (χ3v) is 2.97. The lowest BCUT2D eigenvalue weighted by Crippen LogP contribution is -2.18. The van der Waals surface area contributed by atoms with Crippen LogP contribution in [0, 0.1) is 0 Å². The topological polar surface area (TPSA) is 93.2 Å². The highest BCUT2D eigenvalue weighted by atomic mass is 79.9. The maximum Gasteiger partial charge on any atom is 0.239 e.